The second kappa shape index (κ2) is 8.56. The molecule has 2 atom stereocenters. The van der Waals surface area contributed by atoms with Crippen molar-refractivity contribution >= 4 is 11.8 Å². The maximum atomic E-state index is 14.1. The van der Waals surface area contributed by atoms with Crippen LogP contribution in [0.3, 0.4) is 0 Å². The SMILES string of the molecule is NC(=O)[C@@]1(Cc2ccc(-c3ccccc3F)cc2)CCCN(C(=O)[C@@H]2CCCO2)C1. The summed E-state index contributed by atoms with van der Waals surface area (Å²) in [4.78, 5) is 27.1. The summed E-state index contributed by atoms with van der Waals surface area (Å²) >= 11 is 0. The summed E-state index contributed by atoms with van der Waals surface area (Å²) in [6.07, 6.45) is 3.06. The fraction of sp³-hybridized carbons (Fsp3) is 0.417. The summed E-state index contributed by atoms with van der Waals surface area (Å²) in [7, 11) is 0. The van der Waals surface area contributed by atoms with Crippen molar-refractivity contribution in [2.24, 2.45) is 11.1 Å². The first-order valence-corrected chi connectivity index (χ1v) is 10.5. The van der Waals surface area contributed by atoms with E-state index >= 15 is 0 Å². The van der Waals surface area contributed by atoms with Gasteiger partial charge in [0.05, 0.1) is 5.41 Å². The molecule has 0 aromatic heterocycles. The normalized spacial score (nSPS) is 24.0. The lowest BCUT2D eigenvalue weighted by atomic mass is 9.74. The highest BCUT2D eigenvalue weighted by molar-refractivity contribution is 5.85. The number of hydrogen-bond donors (Lipinski definition) is 1. The molecule has 6 heteroatoms. The van der Waals surface area contributed by atoms with Crippen molar-refractivity contribution < 1.29 is 18.7 Å². The number of nitrogens with two attached hydrogens (primary N) is 1. The molecule has 5 nitrogen and oxygen atoms in total. The molecular weight excluding hydrogens is 383 g/mol. The summed E-state index contributed by atoms with van der Waals surface area (Å²) < 4.78 is 19.6. The summed E-state index contributed by atoms with van der Waals surface area (Å²) in [5.74, 6) is -0.687. The van der Waals surface area contributed by atoms with Crippen molar-refractivity contribution in [3.8, 4) is 11.1 Å². The predicted octanol–water partition coefficient (Wildman–Crippen LogP) is 3.31. The number of primary amides is 1. The molecule has 2 saturated heterocycles. The van der Waals surface area contributed by atoms with E-state index in [2.05, 4.69) is 0 Å². The molecule has 0 spiro atoms. The number of likely N-dealkylation sites (tertiary alicyclic amines) is 1. The van der Waals surface area contributed by atoms with Crippen LogP contribution in [-0.4, -0.2) is 42.5 Å². The third-order valence-corrected chi connectivity index (χ3v) is 6.30. The monoisotopic (exact) mass is 410 g/mol. The molecule has 0 radical (unpaired) electrons. The number of carbonyl (C=O) groups is 2. The van der Waals surface area contributed by atoms with Crippen molar-refractivity contribution in [1.29, 1.82) is 0 Å². The van der Waals surface area contributed by atoms with Crippen LogP contribution in [0.4, 0.5) is 4.39 Å². The highest BCUT2D eigenvalue weighted by atomic mass is 19.1. The smallest absolute Gasteiger partial charge is 0.251 e. The number of hydrogen-bond acceptors (Lipinski definition) is 3. The van der Waals surface area contributed by atoms with Gasteiger partial charge in [-0.25, -0.2) is 4.39 Å². The van der Waals surface area contributed by atoms with E-state index in [1.165, 1.54) is 6.07 Å². The first-order chi connectivity index (χ1) is 14.5. The van der Waals surface area contributed by atoms with Crippen LogP contribution in [0.15, 0.2) is 48.5 Å². The number of carbonyl (C=O) groups excluding carboxylic acids is 2. The maximum Gasteiger partial charge on any atom is 0.251 e. The highest BCUT2D eigenvalue weighted by Crippen LogP contribution is 2.35. The van der Waals surface area contributed by atoms with Crippen LogP contribution in [0.2, 0.25) is 0 Å². The van der Waals surface area contributed by atoms with Gasteiger partial charge in [-0.2, -0.15) is 0 Å². The standard InChI is InChI=1S/C24H27FN2O3/c25-20-6-2-1-5-19(20)18-10-8-17(9-11-18)15-24(23(26)29)12-4-13-27(16-24)22(28)21-7-3-14-30-21/h1-2,5-6,8-11,21H,3-4,7,12-16H2,(H2,26,29)/t21-,24+/m0/s1. The van der Waals surface area contributed by atoms with E-state index in [9.17, 15) is 14.0 Å². The predicted molar refractivity (Wildman–Crippen MR) is 112 cm³/mol. The van der Waals surface area contributed by atoms with Crippen molar-refractivity contribution in [2.45, 2.75) is 38.2 Å². The fourth-order valence-corrected chi connectivity index (χ4v) is 4.62. The molecule has 30 heavy (non-hydrogen) atoms. The third kappa shape index (κ3) is 4.10. The lowest BCUT2D eigenvalue weighted by Crippen LogP contribution is -2.55. The molecule has 2 N–H and O–H groups in total. The van der Waals surface area contributed by atoms with Crippen LogP contribution in [0.1, 0.15) is 31.2 Å². The zero-order valence-corrected chi connectivity index (χ0v) is 17.0. The molecule has 0 unspecified atom stereocenters. The minimum atomic E-state index is -0.800. The van der Waals surface area contributed by atoms with Gasteiger partial charge in [0.15, 0.2) is 0 Å². The first kappa shape index (κ1) is 20.5. The van der Waals surface area contributed by atoms with E-state index in [4.69, 9.17) is 10.5 Å². The Balaban J connectivity index is 1.52. The highest BCUT2D eigenvalue weighted by Gasteiger charge is 2.43. The number of amides is 2. The molecule has 4 rings (SSSR count). The number of benzene rings is 2. The Morgan fingerprint density at radius 1 is 1.13 bits per heavy atom. The molecule has 2 aliphatic rings. The Morgan fingerprint density at radius 2 is 1.90 bits per heavy atom. The maximum absolute atomic E-state index is 14.1. The van der Waals surface area contributed by atoms with Crippen molar-refractivity contribution in [3.05, 3.63) is 59.9 Å². The average Bonchev–Trinajstić information content (AvgIpc) is 3.29. The summed E-state index contributed by atoms with van der Waals surface area (Å²) in [6, 6.07) is 14.2. The summed E-state index contributed by atoms with van der Waals surface area (Å²) in [5.41, 5.74) is 7.32. The Hall–Kier alpha value is -2.73. The lowest BCUT2D eigenvalue weighted by molar-refractivity contribution is -0.147. The van der Waals surface area contributed by atoms with E-state index in [0.717, 1.165) is 30.4 Å². The van der Waals surface area contributed by atoms with Gasteiger partial charge in [0, 0.05) is 25.3 Å². The Kier molecular flexibility index (Phi) is 5.86. The van der Waals surface area contributed by atoms with Gasteiger partial charge >= 0.3 is 0 Å². The number of ether oxygens (including phenoxy) is 1. The topological polar surface area (TPSA) is 72.6 Å². The molecule has 2 heterocycles. The van der Waals surface area contributed by atoms with Gasteiger partial charge < -0.3 is 15.4 Å². The molecule has 0 bridgehead atoms. The first-order valence-electron chi connectivity index (χ1n) is 10.5. The lowest BCUT2D eigenvalue weighted by Gasteiger charge is -2.41. The van der Waals surface area contributed by atoms with E-state index in [0.29, 0.717) is 38.1 Å². The van der Waals surface area contributed by atoms with E-state index in [1.807, 2.05) is 24.3 Å². The molecule has 0 saturated carbocycles. The Morgan fingerprint density at radius 3 is 2.57 bits per heavy atom. The number of rotatable bonds is 5. The van der Waals surface area contributed by atoms with Crippen LogP contribution in [-0.2, 0) is 20.7 Å². The van der Waals surface area contributed by atoms with E-state index < -0.39 is 11.5 Å². The van der Waals surface area contributed by atoms with E-state index in [1.54, 1.807) is 23.1 Å². The molecule has 2 aromatic rings. The molecular formula is C24H27FN2O3. The minimum Gasteiger partial charge on any atom is -0.369 e. The molecule has 158 valence electrons. The molecule has 2 fully saturated rings. The van der Waals surface area contributed by atoms with Gasteiger partial charge in [-0.15, -0.1) is 0 Å². The van der Waals surface area contributed by atoms with Gasteiger partial charge in [0.2, 0.25) is 5.91 Å². The van der Waals surface area contributed by atoms with Gasteiger partial charge in [-0.1, -0.05) is 42.5 Å². The van der Waals surface area contributed by atoms with Gasteiger partial charge in [0.25, 0.3) is 5.91 Å². The fourth-order valence-electron chi connectivity index (χ4n) is 4.62. The van der Waals surface area contributed by atoms with Crippen molar-refractivity contribution in [3.63, 3.8) is 0 Å². The Labute approximate surface area is 176 Å². The molecule has 2 amide bonds. The van der Waals surface area contributed by atoms with Crippen LogP contribution >= 0.6 is 0 Å². The second-order valence-corrected chi connectivity index (χ2v) is 8.36. The van der Waals surface area contributed by atoms with Crippen molar-refractivity contribution in [1.82, 2.24) is 4.90 Å². The second-order valence-electron chi connectivity index (χ2n) is 8.36. The summed E-state index contributed by atoms with van der Waals surface area (Å²) in [6.45, 7) is 1.55. The van der Waals surface area contributed by atoms with Crippen LogP contribution < -0.4 is 5.73 Å². The molecule has 2 aliphatic heterocycles. The third-order valence-electron chi connectivity index (χ3n) is 6.30. The Bertz CT molecular complexity index is 924. The zero-order valence-electron chi connectivity index (χ0n) is 17.0. The van der Waals surface area contributed by atoms with Crippen LogP contribution in [0, 0.1) is 11.2 Å². The number of piperidine rings is 1. The van der Waals surface area contributed by atoms with Gasteiger partial charge in [0.1, 0.15) is 11.9 Å². The summed E-state index contributed by atoms with van der Waals surface area (Å²) in [5, 5.41) is 0. The van der Waals surface area contributed by atoms with Crippen LogP contribution in [0.5, 0.6) is 0 Å². The van der Waals surface area contributed by atoms with E-state index in [-0.39, 0.29) is 17.6 Å². The number of halogens is 1. The molecule has 0 aliphatic carbocycles. The molecule has 2 aromatic carbocycles. The average molecular weight is 410 g/mol. The van der Waals surface area contributed by atoms with Gasteiger partial charge in [-0.3, -0.25) is 9.59 Å². The number of nitrogens with zero attached hydrogens (tertiary/aromatic N) is 1. The largest absolute Gasteiger partial charge is 0.369 e. The zero-order chi connectivity index (χ0) is 21.1. The van der Waals surface area contributed by atoms with Gasteiger partial charge in [-0.05, 0) is 49.3 Å². The minimum absolute atomic E-state index is 0.0345. The van der Waals surface area contributed by atoms with Crippen molar-refractivity contribution in [2.75, 3.05) is 19.7 Å². The quantitative estimate of drug-likeness (QED) is 0.822. The van der Waals surface area contributed by atoms with Crippen LogP contribution in [0.25, 0.3) is 11.1 Å².